The number of piperidine rings is 1. The molecule has 6 nitrogen and oxygen atoms in total. The summed E-state index contributed by atoms with van der Waals surface area (Å²) in [5.74, 6) is 1.22. The average Bonchev–Trinajstić information content (AvgIpc) is 2.56. The van der Waals surface area contributed by atoms with Crippen LogP contribution in [0, 0.1) is 11.8 Å². The Hall–Kier alpha value is -0.570. The van der Waals surface area contributed by atoms with E-state index >= 15 is 0 Å². The lowest BCUT2D eigenvalue weighted by Crippen LogP contribution is -2.40. The third kappa shape index (κ3) is 9.66. The first-order valence-electron chi connectivity index (χ1n) is 8.89. The highest BCUT2D eigenvalue weighted by Gasteiger charge is 2.15. The smallest absolute Gasteiger partial charge is 0.310 e. The maximum Gasteiger partial charge on any atom is 0.310 e. The molecule has 0 aromatic carbocycles. The largest absolute Gasteiger partial charge is 0.469 e. The topological polar surface area (TPSA) is 66.0 Å². The SMILES string of the molecule is CCNC(=NCC(C)C(=O)OC)NCCCN1CCC(C)CC1.I. The second kappa shape index (κ2) is 13.7. The van der Waals surface area contributed by atoms with Crippen molar-refractivity contribution in [2.75, 3.05) is 46.4 Å². The fourth-order valence-corrected chi connectivity index (χ4v) is 2.64. The molecule has 1 heterocycles. The van der Waals surface area contributed by atoms with Gasteiger partial charge in [-0.3, -0.25) is 9.79 Å². The molecule has 7 heteroatoms. The number of rotatable bonds is 8. The number of aliphatic imine (C=N–C) groups is 1. The first-order chi connectivity index (χ1) is 11.1. The standard InChI is InChI=1S/C17H34N4O2.HI/c1-5-18-17(20-13-15(3)16(22)23-4)19-9-6-10-21-11-7-14(2)8-12-21;/h14-15H,5-13H2,1-4H3,(H2,18,19,20);1H. The van der Waals surface area contributed by atoms with E-state index in [1.165, 1.54) is 33.0 Å². The van der Waals surface area contributed by atoms with Gasteiger partial charge in [-0.1, -0.05) is 13.8 Å². The number of hydrogen-bond acceptors (Lipinski definition) is 4. The van der Waals surface area contributed by atoms with Crippen LogP contribution in [0.15, 0.2) is 4.99 Å². The molecule has 0 radical (unpaired) electrons. The van der Waals surface area contributed by atoms with Gasteiger partial charge in [-0.15, -0.1) is 24.0 Å². The molecule has 0 saturated carbocycles. The number of carbonyl (C=O) groups excluding carboxylic acids is 1. The number of likely N-dealkylation sites (tertiary alicyclic amines) is 1. The van der Waals surface area contributed by atoms with Gasteiger partial charge in [-0.2, -0.15) is 0 Å². The van der Waals surface area contributed by atoms with E-state index in [1.54, 1.807) is 0 Å². The predicted molar refractivity (Wildman–Crippen MR) is 110 cm³/mol. The van der Waals surface area contributed by atoms with Gasteiger partial charge < -0.3 is 20.3 Å². The van der Waals surface area contributed by atoms with Crippen LogP contribution < -0.4 is 10.6 Å². The zero-order chi connectivity index (χ0) is 17.1. The number of nitrogens with one attached hydrogen (secondary N) is 2. The van der Waals surface area contributed by atoms with Gasteiger partial charge in [0.1, 0.15) is 0 Å². The Morgan fingerprint density at radius 1 is 1.33 bits per heavy atom. The molecule has 142 valence electrons. The molecule has 1 aliphatic heterocycles. The molecule has 0 aromatic heterocycles. The summed E-state index contributed by atoms with van der Waals surface area (Å²) in [6, 6.07) is 0. The maximum absolute atomic E-state index is 11.4. The molecular formula is C17H35IN4O2. The van der Waals surface area contributed by atoms with Crippen LogP contribution in [0.5, 0.6) is 0 Å². The molecule has 0 aliphatic carbocycles. The van der Waals surface area contributed by atoms with E-state index in [0.29, 0.717) is 6.54 Å². The van der Waals surface area contributed by atoms with E-state index in [1.807, 2.05) is 13.8 Å². The normalized spacial score (nSPS) is 17.8. The molecule has 0 amide bonds. The molecule has 24 heavy (non-hydrogen) atoms. The van der Waals surface area contributed by atoms with E-state index in [9.17, 15) is 4.79 Å². The van der Waals surface area contributed by atoms with Crippen molar-refractivity contribution in [1.82, 2.24) is 15.5 Å². The number of methoxy groups -OCH3 is 1. The summed E-state index contributed by atoms with van der Waals surface area (Å²) < 4.78 is 4.72. The van der Waals surface area contributed by atoms with Crippen molar-refractivity contribution in [2.45, 2.75) is 40.0 Å². The fraction of sp³-hybridized carbons (Fsp3) is 0.882. The van der Waals surface area contributed by atoms with Gasteiger partial charge >= 0.3 is 5.97 Å². The van der Waals surface area contributed by atoms with E-state index < -0.39 is 0 Å². The molecule has 0 bridgehead atoms. The van der Waals surface area contributed by atoms with Gasteiger partial charge in [0.15, 0.2) is 5.96 Å². The van der Waals surface area contributed by atoms with Crippen LogP contribution in [0.2, 0.25) is 0 Å². The number of halogens is 1. The number of guanidine groups is 1. The molecule has 0 aromatic rings. The first kappa shape index (κ1) is 23.4. The first-order valence-corrected chi connectivity index (χ1v) is 8.89. The minimum Gasteiger partial charge on any atom is -0.469 e. The zero-order valence-corrected chi connectivity index (χ0v) is 18.0. The Morgan fingerprint density at radius 2 is 2.00 bits per heavy atom. The summed E-state index contributed by atoms with van der Waals surface area (Å²) in [5, 5.41) is 6.55. The van der Waals surface area contributed by atoms with Crippen LogP contribution in [0.1, 0.15) is 40.0 Å². The summed E-state index contributed by atoms with van der Waals surface area (Å²) >= 11 is 0. The molecule has 2 N–H and O–H groups in total. The van der Waals surface area contributed by atoms with Crippen molar-refractivity contribution in [2.24, 2.45) is 16.8 Å². The molecule has 1 saturated heterocycles. The van der Waals surface area contributed by atoms with E-state index in [0.717, 1.165) is 37.9 Å². The summed E-state index contributed by atoms with van der Waals surface area (Å²) in [4.78, 5) is 18.4. The highest BCUT2D eigenvalue weighted by molar-refractivity contribution is 14.0. The molecule has 1 fully saturated rings. The summed E-state index contributed by atoms with van der Waals surface area (Å²) in [6.07, 6.45) is 3.75. The van der Waals surface area contributed by atoms with Crippen LogP contribution in [-0.4, -0.2) is 63.2 Å². The minimum atomic E-state index is -0.219. The summed E-state index contributed by atoms with van der Waals surface area (Å²) in [6.45, 7) is 11.9. The second-order valence-corrected chi connectivity index (χ2v) is 6.45. The third-order valence-corrected chi connectivity index (χ3v) is 4.29. The third-order valence-electron chi connectivity index (χ3n) is 4.29. The summed E-state index contributed by atoms with van der Waals surface area (Å²) in [7, 11) is 1.41. The molecule has 1 unspecified atom stereocenters. The molecule has 1 aliphatic rings. The van der Waals surface area contributed by atoms with Crippen LogP contribution >= 0.6 is 24.0 Å². The van der Waals surface area contributed by atoms with Gasteiger partial charge in [0.2, 0.25) is 0 Å². The van der Waals surface area contributed by atoms with Gasteiger partial charge in [-0.25, -0.2) is 0 Å². The lowest BCUT2D eigenvalue weighted by molar-refractivity contribution is -0.144. The zero-order valence-electron chi connectivity index (χ0n) is 15.6. The predicted octanol–water partition coefficient (Wildman–Crippen LogP) is 2.09. The average molecular weight is 454 g/mol. The molecule has 0 spiro atoms. The van der Waals surface area contributed by atoms with Gasteiger partial charge in [0.05, 0.1) is 19.6 Å². The van der Waals surface area contributed by atoms with Gasteiger partial charge in [0, 0.05) is 13.1 Å². The maximum atomic E-state index is 11.4. The lowest BCUT2D eigenvalue weighted by atomic mass is 9.99. The second-order valence-electron chi connectivity index (χ2n) is 6.45. The monoisotopic (exact) mass is 454 g/mol. The van der Waals surface area contributed by atoms with Crippen LogP contribution in [0.3, 0.4) is 0 Å². The lowest BCUT2D eigenvalue weighted by Gasteiger charge is -2.30. The van der Waals surface area contributed by atoms with E-state index in [-0.39, 0.29) is 35.9 Å². The Labute approximate surface area is 164 Å². The molecule has 1 rings (SSSR count). The Balaban J connectivity index is 0.00000529. The Morgan fingerprint density at radius 3 is 2.58 bits per heavy atom. The van der Waals surface area contributed by atoms with Gasteiger partial charge in [-0.05, 0) is 51.7 Å². The van der Waals surface area contributed by atoms with E-state index in [4.69, 9.17) is 4.74 Å². The van der Waals surface area contributed by atoms with Crippen molar-refractivity contribution < 1.29 is 9.53 Å². The number of hydrogen-bond donors (Lipinski definition) is 2. The van der Waals surface area contributed by atoms with Crippen LogP contribution in [0.4, 0.5) is 0 Å². The Bertz CT molecular complexity index is 372. The number of esters is 1. The number of nitrogens with zero attached hydrogens (tertiary/aromatic N) is 2. The quantitative estimate of drug-likeness (QED) is 0.193. The van der Waals surface area contributed by atoms with E-state index in [2.05, 4.69) is 27.4 Å². The van der Waals surface area contributed by atoms with Crippen LogP contribution in [-0.2, 0) is 9.53 Å². The van der Waals surface area contributed by atoms with Crippen molar-refractivity contribution in [3.05, 3.63) is 0 Å². The Kier molecular flexibility index (Phi) is 13.4. The van der Waals surface area contributed by atoms with Crippen molar-refractivity contribution >= 4 is 35.9 Å². The minimum absolute atomic E-state index is 0. The highest BCUT2D eigenvalue weighted by atomic mass is 127. The van der Waals surface area contributed by atoms with Crippen molar-refractivity contribution in [3.8, 4) is 0 Å². The van der Waals surface area contributed by atoms with Crippen molar-refractivity contribution in [3.63, 3.8) is 0 Å². The fourth-order valence-electron chi connectivity index (χ4n) is 2.64. The summed E-state index contributed by atoms with van der Waals surface area (Å²) in [5.41, 5.74) is 0. The van der Waals surface area contributed by atoms with Crippen LogP contribution in [0.25, 0.3) is 0 Å². The number of ether oxygens (including phenoxy) is 1. The molecular weight excluding hydrogens is 419 g/mol. The molecule has 1 atom stereocenters. The van der Waals surface area contributed by atoms with Crippen molar-refractivity contribution in [1.29, 1.82) is 0 Å². The number of carbonyl (C=O) groups is 1. The van der Waals surface area contributed by atoms with Gasteiger partial charge in [0.25, 0.3) is 0 Å². The highest BCUT2D eigenvalue weighted by Crippen LogP contribution is 2.15.